The normalized spacial score (nSPS) is 20.5. The number of piperidine rings is 1. The summed E-state index contributed by atoms with van der Waals surface area (Å²) in [6.07, 6.45) is 1.98. The Morgan fingerprint density at radius 3 is 2.33 bits per heavy atom. The SMILES string of the molecule is CCOC(=O)C1CCN(c2ccc(N3c4cc(OC)c(F)cc4CC3(C)C(C)=O)cc2)CC1. The highest BCUT2D eigenvalue weighted by atomic mass is 19.1. The smallest absolute Gasteiger partial charge is 0.309 e. The van der Waals surface area contributed by atoms with Crippen molar-refractivity contribution >= 4 is 28.8 Å². The molecule has 176 valence electrons. The summed E-state index contributed by atoms with van der Waals surface area (Å²) < 4.78 is 24.7. The standard InChI is InChI=1S/C26H31FN2O4/c1-5-33-25(31)18-10-12-28(13-11-18)20-6-8-21(9-7-20)29-23-15-24(32-4)22(27)14-19(23)16-26(29,3)17(2)30/h6-9,14-15,18H,5,10-13,16H2,1-4H3. The van der Waals surface area contributed by atoms with Crippen molar-refractivity contribution in [1.29, 1.82) is 0 Å². The van der Waals surface area contributed by atoms with Crippen LogP contribution in [0.4, 0.5) is 21.5 Å². The molecule has 2 aromatic rings. The number of benzene rings is 2. The Morgan fingerprint density at radius 1 is 1.12 bits per heavy atom. The van der Waals surface area contributed by atoms with Gasteiger partial charge in [-0.05, 0) is 69.5 Å². The van der Waals surface area contributed by atoms with E-state index in [1.807, 2.05) is 43.0 Å². The number of nitrogens with zero attached hydrogens (tertiary/aromatic N) is 2. The molecule has 33 heavy (non-hydrogen) atoms. The van der Waals surface area contributed by atoms with Gasteiger partial charge in [-0.1, -0.05) is 0 Å². The zero-order valence-corrected chi connectivity index (χ0v) is 19.7. The Morgan fingerprint density at radius 2 is 1.76 bits per heavy atom. The predicted octanol–water partition coefficient (Wildman–Crippen LogP) is 4.66. The second-order valence-corrected chi connectivity index (χ2v) is 8.99. The summed E-state index contributed by atoms with van der Waals surface area (Å²) in [7, 11) is 1.44. The molecular formula is C26H31FN2O4. The molecule has 2 aliphatic heterocycles. The average Bonchev–Trinajstić information content (AvgIpc) is 3.11. The van der Waals surface area contributed by atoms with Crippen molar-refractivity contribution in [2.75, 3.05) is 36.6 Å². The minimum atomic E-state index is -0.805. The van der Waals surface area contributed by atoms with Gasteiger partial charge in [0.25, 0.3) is 0 Å². The zero-order valence-electron chi connectivity index (χ0n) is 19.7. The Bertz CT molecular complexity index is 1050. The second kappa shape index (κ2) is 9.04. The van der Waals surface area contributed by atoms with Crippen molar-refractivity contribution in [3.05, 3.63) is 47.8 Å². The van der Waals surface area contributed by atoms with Gasteiger partial charge in [0.1, 0.15) is 5.54 Å². The summed E-state index contributed by atoms with van der Waals surface area (Å²) in [6, 6.07) is 11.2. The number of halogens is 1. The van der Waals surface area contributed by atoms with Gasteiger partial charge in [0.2, 0.25) is 0 Å². The van der Waals surface area contributed by atoms with E-state index in [-0.39, 0.29) is 23.4 Å². The molecule has 0 saturated carbocycles. The molecular weight excluding hydrogens is 423 g/mol. The van der Waals surface area contributed by atoms with E-state index in [0.29, 0.717) is 13.0 Å². The van der Waals surface area contributed by atoms with Gasteiger partial charge in [0.05, 0.1) is 19.6 Å². The van der Waals surface area contributed by atoms with Gasteiger partial charge in [-0.15, -0.1) is 0 Å². The number of fused-ring (bicyclic) bond motifs is 1. The summed E-state index contributed by atoms with van der Waals surface area (Å²) in [4.78, 5) is 29.0. The van der Waals surface area contributed by atoms with Crippen LogP contribution in [0.1, 0.15) is 39.2 Å². The Balaban J connectivity index is 1.58. The van der Waals surface area contributed by atoms with Crippen molar-refractivity contribution in [2.45, 2.75) is 45.6 Å². The molecule has 2 aliphatic rings. The second-order valence-electron chi connectivity index (χ2n) is 8.99. The van der Waals surface area contributed by atoms with Crippen molar-refractivity contribution in [2.24, 2.45) is 5.92 Å². The van der Waals surface area contributed by atoms with Gasteiger partial charge in [-0.2, -0.15) is 0 Å². The van der Waals surface area contributed by atoms with Crippen LogP contribution in [-0.4, -0.2) is 44.1 Å². The van der Waals surface area contributed by atoms with E-state index < -0.39 is 11.4 Å². The van der Waals surface area contributed by atoms with E-state index >= 15 is 0 Å². The number of rotatable bonds is 6. The van der Waals surface area contributed by atoms with Crippen LogP contribution in [0.15, 0.2) is 36.4 Å². The summed E-state index contributed by atoms with van der Waals surface area (Å²) >= 11 is 0. The van der Waals surface area contributed by atoms with Crippen LogP contribution >= 0.6 is 0 Å². The largest absolute Gasteiger partial charge is 0.494 e. The molecule has 0 N–H and O–H groups in total. The predicted molar refractivity (Wildman–Crippen MR) is 126 cm³/mol. The van der Waals surface area contributed by atoms with Crippen LogP contribution in [0.5, 0.6) is 5.75 Å². The number of anilines is 3. The van der Waals surface area contributed by atoms with E-state index in [2.05, 4.69) is 4.90 Å². The number of Topliss-reactive ketones (excluding diaryl/α,β-unsaturated/α-hetero) is 1. The first-order chi connectivity index (χ1) is 15.8. The Kier molecular flexibility index (Phi) is 6.32. The molecule has 4 rings (SSSR count). The van der Waals surface area contributed by atoms with E-state index in [0.717, 1.165) is 48.6 Å². The van der Waals surface area contributed by atoms with Crippen LogP contribution in [0, 0.1) is 11.7 Å². The van der Waals surface area contributed by atoms with E-state index in [1.54, 1.807) is 13.0 Å². The lowest BCUT2D eigenvalue weighted by atomic mass is 9.92. The van der Waals surface area contributed by atoms with Crippen molar-refractivity contribution in [3.8, 4) is 5.75 Å². The summed E-state index contributed by atoms with van der Waals surface area (Å²) in [6.45, 7) is 7.30. The Hall–Kier alpha value is -3.09. The molecule has 2 aromatic carbocycles. The highest BCUT2D eigenvalue weighted by molar-refractivity contribution is 5.96. The Labute approximate surface area is 194 Å². The molecule has 0 amide bonds. The lowest BCUT2D eigenvalue weighted by molar-refractivity contribution is -0.148. The third-order valence-electron chi connectivity index (χ3n) is 6.97. The van der Waals surface area contributed by atoms with E-state index in [1.165, 1.54) is 13.2 Å². The van der Waals surface area contributed by atoms with Gasteiger partial charge < -0.3 is 19.3 Å². The van der Waals surface area contributed by atoms with Gasteiger partial charge >= 0.3 is 5.97 Å². The lowest BCUT2D eigenvalue weighted by Gasteiger charge is -2.36. The number of esters is 1. The molecule has 6 nitrogen and oxygen atoms in total. The highest BCUT2D eigenvalue weighted by Gasteiger charge is 2.45. The van der Waals surface area contributed by atoms with Crippen molar-refractivity contribution in [3.63, 3.8) is 0 Å². The van der Waals surface area contributed by atoms with Crippen LogP contribution in [0.2, 0.25) is 0 Å². The monoisotopic (exact) mass is 454 g/mol. The number of hydrogen-bond donors (Lipinski definition) is 0. The maximum Gasteiger partial charge on any atom is 0.309 e. The fraction of sp³-hybridized carbons (Fsp3) is 0.462. The van der Waals surface area contributed by atoms with Crippen LogP contribution in [0.3, 0.4) is 0 Å². The lowest BCUT2D eigenvalue weighted by Crippen LogP contribution is -2.47. The third kappa shape index (κ3) is 4.16. The number of hydrogen-bond acceptors (Lipinski definition) is 6. The first-order valence-electron chi connectivity index (χ1n) is 11.5. The maximum absolute atomic E-state index is 14.3. The maximum atomic E-state index is 14.3. The van der Waals surface area contributed by atoms with E-state index in [4.69, 9.17) is 9.47 Å². The van der Waals surface area contributed by atoms with Crippen LogP contribution in [0.25, 0.3) is 0 Å². The first-order valence-corrected chi connectivity index (χ1v) is 11.5. The molecule has 1 fully saturated rings. The van der Waals surface area contributed by atoms with Gasteiger partial charge in [0, 0.05) is 42.6 Å². The molecule has 1 unspecified atom stereocenters. The number of ketones is 1. The summed E-state index contributed by atoms with van der Waals surface area (Å²) in [5.41, 5.74) is 2.71. The van der Waals surface area contributed by atoms with Gasteiger partial charge in [-0.25, -0.2) is 4.39 Å². The molecule has 0 spiro atoms. The molecule has 1 atom stereocenters. The molecule has 0 radical (unpaired) electrons. The van der Waals surface area contributed by atoms with Crippen LogP contribution < -0.4 is 14.5 Å². The molecule has 2 heterocycles. The minimum Gasteiger partial charge on any atom is -0.494 e. The number of ether oxygens (including phenoxy) is 2. The first kappa shape index (κ1) is 23.1. The number of methoxy groups -OCH3 is 1. The van der Waals surface area contributed by atoms with Crippen molar-refractivity contribution < 1.29 is 23.5 Å². The summed E-state index contributed by atoms with van der Waals surface area (Å²) in [5, 5.41) is 0. The highest BCUT2D eigenvalue weighted by Crippen LogP contribution is 2.47. The molecule has 0 aromatic heterocycles. The molecule has 0 aliphatic carbocycles. The van der Waals surface area contributed by atoms with Gasteiger partial charge in [0.15, 0.2) is 17.3 Å². The molecule has 0 bridgehead atoms. The van der Waals surface area contributed by atoms with Gasteiger partial charge in [-0.3, -0.25) is 9.59 Å². The fourth-order valence-corrected chi connectivity index (χ4v) is 4.96. The molecule has 7 heteroatoms. The number of carbonyl (C=O) groups is 2. The number of carbonyl (C=O) groups excluding carboxylic acids is 2. The minimum absolute atomic E-state index is 0.0168. The topological polar surface area (TPSA) is 59.1 Å². The van der Waals surface area contributed by atoms with E-state index in [9.17, 15) is 14.0 Å². The summed E-state index contributed by atoms with van der Waals surface area (Å²) in [5.74, 6) is -0.384. The average molecular weight is 455 g/mol. The van der Waals surface area contributed by atoms with Crippen LogP contribution in [-0.2, 0) is 20.7 Å². The third-order valence-corrected chi connectivity index (χ3v) is 6.97. The molecule has 1 saturated heterocycles. The quantitative estimate of drug-likeness (QED) is 0.592. The zero-order chi connectivity index (χ0) is 23.8. The fourth-order valence-electron chi connectivity index (χ4n) is 4.96. The van der Waals surface area contributed by atoms with Crippen molar-refractivity contribution in [1.82, 2.24) is 0 Å².